The molecule has 1 aliphatic heterocycles. The van der Waals surface area contributed by atoms with Crippen molar-refractivity contribution in [1.82, 2.24) is 0 Å². The molecule has 0 aromatic heterocycles. The number of carbonyl (C=O) groups is 1. The van der Waals surface area contributed by atoms with Crippen molar-refractivity contribution in [3.8, 4) is 5.75 Å². The first-order valence-corrected chi connectivity index (χ1v) is 8.09. The number of para-hydroxylation sites is 1. The Morgan fingerprint density at radius 1 is 1.05 bits per heavy atom. The van der Waals surface area contributed by atoms with Crippen molar-refractivity contribution in [3.63, 3.8) is 0 Å². The van der Waals surface area contributed by atoms with Gasteiger partial charge in [-0.15, -0.1) is 0 Å². The van der Waals surface area contributed by atoms with Crippen LogP contribution in [0.1, 0.15) is 62.8 Å². The number of Topliss-reactive ketones (excluding diaryl/α,β-unsaturated/α-hetero) is 1. The second-order valence-corrected chi connectivity index (χ2v) is 6.26. The molecule has 108 valence electrons. The minimum absolute atomic E-state index is 0.0724. The largest absolute Gasteiger partial charge is 0.493 e. The second-order valence-electron chi connectivity index (χ2n) is 6.26. The molecular formula is C18H24O2. The summed E-state index contributed by atoms with van der Waals surface area (Å²) in [6.45, 7) is 0.679. The van der Waals surface area contributed by atoms with E-state index >= 15 is 0 Å². The quantitative estimate of drug-likeness (QED) is 0.758. The van der Waals surface area contributed by atoms with Gasteiger partial charge in [0.05, 0.1) is 6.61 Å². The van der Waals surface area contributed by atoms with E-state index in [1.807, 2.05) is 18.2 Å². The zero-order valence-electron chi connectivity index (χ0n) is 12.1. The fourth-order valence-electron chi connectivity index (χ4n) is 3.67. The Labute approximate surface area is 121 Å². The van der Waals surface area contributed by atoms with E-state index in [0.717, 1.165) is 24.2 Å². The molecule has 1 aromatic rings. The highest BCUT2D eigenvalue weighted by molar-refractivity contribution is 5.86. The van der Waals surface area contributed by atoms with E-state index in [4.69, 9.17) is 4.74 Å². The van der Waals surface area contributed by atoms with Crippen LogP contribution in [0.5, 0.6) is 5.75 Å². The van der Waals surface area contributed by atoms with Crippen molar-refractivity contribution in [2.24, 2.45) is 5.92 Å². The Balaban J connectivity index is 1.68. The van der Waals surface area contributed by atoms with E-state index in [1.54, 1.807) is 0 Å². The Morgan fingerprint density at radius 3 is 2.60 bits per heavy atom. The molecule has 0 amide bonds. The van der Waals surface area contributed by atoms with E-state index in [1.165, 1.54) is 38.5 Å². The van der Waals surface area contributed by atoms with Crippen LogP contribution >= 0.6 is 0 Å². The van der Waals surface area contributed by atoms with E-state index in [2.05, 4.69) is 6.07 Å². The smallest absolute Gasteiger partial charge is 0.140 e. The Morgan fingerprint density at radius 2 is 1.80 bits per heavy atom. The number of fused-ring (bicyclic) bond motifs is 1. The summed E-state index contributed by atoms with van der Waals surface area (Å²) < 4.78 is 5.66. The molecule has 1 saturated carbocycles. The predicted molar refractivity (Wildman–Crippen MR) is 80.1 cm³/mol. The summed E-state index contributed by atoms with van der Waals surface area (Å²) in [6.07, 6.45) is 9.44. The average Bonchev–Trinajstić information content (AvgIpc) is 2.75. The average molecular weight is 272 g/mol. The summed E-state index contributed by atoms with van der Waals surface area (Å²) in [4.78, 5) is 12.7. The van der Waals surface area contributed by atoms with Crippen LogP contribution in [0, 0.1) is 5.92 Å². The van der Waals surface area contributed by atoms with Gasteiger partial charge in [0, 0.05) is 17.9 Å². The molecule has 1 aliphatic carbocycles. The fraction of sp³-hybridized carbons (Fsp3) is 0.611. The highest BCUT2D eigenvalue weighted by Crippen LogP contribution is 2.36. The Bertz CT molecular complexity index is 458. The molecule has 0 bridgehead atoms. The van der Waals surface area contributed by atoms with Crippen LogP contribution in [0.25, 0.3) is 0 Å². The molecule has 2 heteroatoms. The number of rotatable bonds is 3. The van der Waals surface area contributed by atoms with Crippen LogP contribution in [0.4, 0.5) is 0 Å². The van der Waals surface area contributed by atoms with Gasteiger partial charge in [-0.1, -0.05) is 56.7 Å². The van der Waals surface area contributed by atoms with Gasteiger partial charge in [0.1, 0.15) is 11.5 Å². The molecule has 20 heavy (non-hydrogen) atoms. The lowest BCUT2D eigenvalue weighted by Crippen LogP contribution is -2.23. The third kappa shape index (κ3) is 3.05. The first-order chi connectivity index (χ1) is 9.84. The minimum atomic E-state index is 0.0724. The summed E-state index contributed by atoms with van der Waals surface area (Å²) >= 11 is 0. The monoisotopic (exact) mass is 272 g/mol. The normalized spacial score (nSPS) is 23.5. The summed E-state index contributed by atoms with van der Waals surface area (Å²) in [6, 6.07) is 8.04. The molecule has 3 rings (SSSR count). The van der Waals surface area contributed by atoms with Crippen molar-refractivity contribution in [2.75, 3.05) is 6.61 Å². The summed E-state index contributed by atoms with van der Waals surface area (Å²) in [5, 5.41) is 0. The van der Waals surface area contributed by atoms with E-state index in [9.17, 15) is 4.79 Å². The molecule has 1 unspecified atom stereocenters. The topological polar surface area (TPSA) is 26.3 Å². The van der Waals surface area contributed by atoms with Gasteiger partial charge in [-0.25, -0.2) is 0 Å². The van der Waals surface area contributed by atoms with Crippen LogP contribution < -0.4 is 4.74 Å². The van der Waals surface area contributed by atoms with Gasteiger partial charge < -0.3 is 4.74 Å². The number of benzene rings is 1. The third-order valence-electron chi connectivity index (χ3n) is 4.81. The van der Waals surface area contributed by atoms with Gasteiger partial charge in [-0.2, -0.15) is 0 Å². The number of hydrogen-bond donors (Lipinski definition) is 0. The summed E-state index contributed by atoms with van der Waals surface area (Å²) in [5.41, 5.74) is 1.11. The fourth-order valence-corrected chi connectivity index (χ4v) is 3.67. The molecule has 0 spiro atoms. The molecule has 0 saturated heterocycles. The SMILES string of the molecule is O=C(CC1CCCCCC1)C1CCOc2ccccc21. The van der Waals surface area contributed by atoms with Crippen LogP contribution in [0.2, 0.25) is 0 Å². The zero-order valence-corrected chi connectivity index (χ0v) is 12.1. The lowest BCUT2D eigenvalue weighted by atomic mass is 9.83. The molecular weight excluding hydrogens is 248 g/mol. The lowest BCUT2D eigenvalue weighted by Gasteiger charge is -2.26. The van der Waals surface area contributed by atoms with E-state index in [-0.39, 0.29) is 5.92 Å². The van der Waals surface area contributed by atoms with Gasteiger partial charge in [-0.05, 0) is 18.4 Å². The molecule has 1 fully saturated rings. The standard InChI is InChI=1S/C18H24O2/c19-17(13-14-7-3-1-2-4-8-14)15-11-12-20-18-10-6-5-9-16(15)18/h5-6,9-10,14-15H,1-4,7-8,11-13H2. The molecule has 1 atom stereocenters. The van der Waals surface area contributed by atoms with Crippen molar-refractivity contribution in [1.29, 1.82) is 0 Å². The molecule has 1 aromatic carbocycles. The Kier molecular flexibility index (Phi) is 4.39. The molecule has 2 nitrogen and oxygen atoms in total. The van der Waals surface area contributed by atoms with Crippen molar-refractivity contribution < 1.29 is 9.53 Å². The van der Waals surface area contributed by atoms with Crippen molar-refractivity contribution in [3.05, 3.63) is 29.8 Å². The summed E-state index contributed by atoms with van der Waals surface area (Å²) in [7, 11) is 0. The Hall–Kier alpha value is -1.31. The van der Waals surface area contributed by atoms with Gasteiger partial charge in [0.2, 0.25) is 0 Å². The first kappa shape index (κ1) is 13.7. The number of ether oxygens (including phenoxy) is 1. The number of hydrogen-bond acceptors (Lipinski definition) is 2. The second kappa shape index (κ2) is 6.43. The highest BCUT2D eigenvalue weighted by Gasteiger charge is 2.28. The van der Waals surface area contributed by atoms with Crippen LogP contribution in [0.3, 0.4) is 0 Å². The molecule has 2 aliphatic rings. The van der Waals surface area contributed by atoms with Crippen LogP contribution in [-0.2, 0) is 4.79 Å². The molecule has 1 heterocycles. The van der Waals surface area contributed by atoms with Crippen molar-refractivity contribution in [2.45, 2.75) is 57.3 Å². The van der Waals surface area contributed by atoms with Gasteiger partial charge >= 0.3 is 0 Å². The summed E-state index contributed by atoms with van der Waals surface area (Å²) in [5.74, 6) is 2.05. The van der Waals surface area contributed by atoms with Crippen molar-refractivity contribution >= 4 is 5.78 Å². The zero-order chi connectivity index (χ0) is 13.8. The lowest BCUT2D eigenvalue weighted by molar-refractivity contribution is -0.122. The number of carbonyl (C=O) groups excluding carboxylic acids is 1. The number of ketones is 1. The van der Waals surface area contributed by atoms with Gasteiger partial charge in [-0.3, -0.25) is 4.79 Å². The maximum atomic E-state index is 12.7. The minimum Gasteiger partial charge on any atom is -0.493 e. The molecule has 0 N–H and O–H groups in total. The van der Waals surface area contributed by atoms with Gasteiger partial charge in [0.25, 0.3) is 0 Å². The maximum Gasteiger partial charge on any atom is 0.140 e. The van der Waals surface area contributed by atoms with Gasteiger partial charge in [0.15, 0.2) is 0 Å². The third-order valence-corrected chi connectivity index (χ3v) is 4.81. The van der Waals surface area contributed by atoms with Crippen LogP contribution in [-0.4, -0.2) is 12.4 Å². The van der Waals surface area contributed by atoms with Crippen LogP contribution in [0.15, 0.2) is 24.3 Å². The highest BCUT2D eigenvalue weighted by atomic mass is 16.5. The maximum absolute atomic E-state index is 12.7. The molecule has 0 radical (unpaired) electrons. The first-order valence-electron chi connectivity index (χ1n) is 8.09. The van der Waals surface area contributed by atoms with E-state index < -0.39 is 0 Å². The van der Waals surface area contributed by atoms with E-state index in [0.29, 0.717) is 18.3 Å². The predicted octanol–water partition coefficient (Wildman–Crippen LogP) is 4.48.